The largest absolute Gasteiger partial charge is 0.507 e. The van der Waals surface area contributed by atoms with Gasteiger partial charge in [-0.25, -0.2) is 4.79 Å². The Kier molecular flexibility index (Phi) is 4.08. The number of aryl methyl sites for hydroxylation is 1. The van der Waals surface area contributed by atoms with Crippen LogP contribution in [0.4, 0.5) is 0 Å². The van der Waals surface area contributed by atoms with Crippen molar-refractivity contribution in [3.63, 3.8) is 0 Å². The van der Waals surface area contributed by atoms with Crippen LogP contribution in [0.15, 0.2) is 51.7 Å². The summed E-state index contributed by atoms with van der Waals surface area (Å²) in [7, 11) is 0. The fraction of sp³-hybridized carbons (Fsp3) is 0.158. The topological polar surface area (TPSA) is 87.7 Å². The summed E-state index contributed by atoms with van der Waals surface area (Å²) in [5, 5.41) is 20.7. The summed E-state index contributed by atoms with van der Waals surface area (Å²) in [5.41, 5.74) is 0.103. The summed E-state index contributed by atoms with van der Waals surface area (Å²) in [5.74, 6) is -1.13. The second kappa shape index (κ2) is 6.20. The molecule has 0 bridgehead atoms. The van der Waals surface area contributed by atoms with E-state index in [0.717, 1.165) is 12.5 Å². The Morgan fingerprint density at radius 3 is 2.46 bits per heavy atom. The highest BCUT2D eigenvalue weighted by atomic mass is 16.4. The van der Waals surface area contributed by atoms with Gasteiger partial charge >= 0.3 is 5.63 Å². The molecule has 24 heavy (non-hydrogen) atoms. The number of aromatic hydroxyl groups is 2. The molecule has 5 heteroatoms. The summed E-state index contributed by atoms with van der Waals surface area (Å²) >= 11 is 0. The Morgan fingerprint density at radius 1 is 1.08 bits per heavy atom. The van der Waals surface area contributed by atoms with Crippen LogP contribution in [0, 0.1) is 0 Å². The second-order valence-corrected chi connectivity index (χ2v) is 5.53. The number of phenols is 2. The fourth-order valence-electron chi connectivity index (χ4n) is 2.81. The normalized spacial score (nSPS) is 10.9. The monoisotopic (exact) mass is 324 g/mol. The maximum Gasteiger partial charge on any atom is 0.336 e. The molecule has 0 radical (unpaired) electrons. The molecule has 0 aliphatic carbocycles. The molecule has 0 saturated heterocycles. The molecule has 1 heterocycles. The Labute approximate surface area is 137 Å². The van der Waals surface area contributed by atoms with E-state index in [-0.39, 0.29) is 22.3 Å². The minimum Gasteiger partial charge on any atom is -0.507 e. The van der Waals surface area contributed by atoms with Gasteiger partial charge in [0.1, 0.15) is 17.1 Å². The molecule has 0 saturated carbocycles. The highest BCUT2D eigenvalue weighted by Crippen LogP contribution is 2.37. The first-order valence-corrected chi connectivity index (χ1v) is 7.64. The number of hydrogen-bond donors (Lipinski definition) is 2. The van der Waals surface area contributed by atoms with E-state index in [0.29, 0.717) is 17.5 Å². The average molecular weight is 324 g/mol. The van der Waals surface area contributed by atoms with Crippen molar-refractivity contribution in [2.24, 2.45) is 0 Å². The predicted octanol–water partition coefficient (Wildman–Crippen LogP) is 3.39. The highest BCUT2D eigenvalue weighted by molar-refractivity contribution is 6.17. The minimum atomic E-state index is -0.627. The third kappa shape index (κ3) is 2.65. The first-order chi connectivity index (χ1) is 11.5. The zero-order valence-electron chi connectivity index (χ0n) is 13.1. The third-order valence-electron chi connectivity index (χ3n) is 3.84. The number of rotatable bonds is 4. The van der Waals surface area contributed by atoms with Gasteiger partial charge in [-0.1, -0.05) is 43.7 Å². The molecule has 2 N–H and O–H groups in total. The maximum atomic E-state index is 12.8. The molecule has 0 spiro atoms. The number of carbonyl (C=O) groups is 1. The summed E-state index contributed by atoms with van der Waals surface area (Å²) < 4.78 is 5.19. The van der Waals surface area contributed by atoms with E-state index < -0.39 is 17.2 Å². The van der Waals surface area contributed by atoms with E-state index in [2.05, 4.69) is 0 Å². The van der Waals surface area contributed by atoms with Crippen molar-refractivity contribution < 1.29 is 19.4 Å². The van der Waals surface area contributed by atoms with Crippen LogP contribution < -0.4 is 5.63 Å². The van der Waals surface area contributed by atoms with Crippen molar-refractivity contribution in [1.29, 1.82) is 0 Å². The summed E-state index contributed by atoms with van der Waals surface area (Å²) in [6.07, 6.45) is 1.29. The smallest absolute Gasteiger partial charge is 0.336 e. The lowest BCUT2D eigenvalue weighted by atomic mass is 9.96. The Bertz CT molecular complexity index is 970. The van der Waals surface area contributed by atoms with E-state index in [1.165, 1.54) is 6.07 Å². The van der Waals surface area contributed by atoms with E-state index in [9.17, 15) is 19.8 Å². The number of carbonyl (C=O) groups excluding carboxylic acids is 1. The van der Waals surface area contributed by atoms with Crippen LogP contribution in [0.25, 0.3) is 11.0 Å². The van der Waals surface area contributed by atoms with Gasteiger partial charge in [0.05, 0.1) is 5.39 Å². The first-order valence-electron chi connectivity index (χ1n) is 7.64. The van der Waals surface area contributed by atoms with Crippen LogP contribution in [0.5, 0.6) is 11.5 Å². The molecule has 0 aliphatic rings. The van der Waals surface area contributed by atoms with Crippen LogP contribution in [0.3, 0.4) is 0 Å². The molecule has 122 valence electrons. The molecule has 1 aromatic heterocycles. The third-order valence-corrected chi connectivity index (χ3v) is 3.84. The summed E-state index contributed by atoms with van der Waals surface area (Å²) in [4.78, 5) is 24.6. The molecule has 3 rings (SSSR count). The van der Waals surface area contributed by atoms with Crippen LogP contribution in [0.1, 0.15) is 34.8 Å². The van der Waals surface area contributed by atoms with Crippen LogP contribution in [-0.4, -0.2) is 16.0 Å². The van der Waals surface area contributed by atoms with Crippen molar-refractivity contribution in [3.8, 4) is 11.5 Å². The Hall–Kier alpha value is -3.08. The zero-order chi connectivity index (χ0) is 17.3. The van der Waals surface area contributed by atoms with Crippen LogP contribution >= 0.6 is 0 Å². The second-order valence-electron chi connectivity index (χ2n) is 5.53. The SMILES string of the molecule is CCCc1cc(=O)oc2c(C(=O)c3ccccc3)c(O)cc(O)c12. The number of phenolic OH excluding ortho intramolecular Hbond substituents is 2. The Balaban J connectivity index is 2.36. The van der Waals surface area contributed by atoms with Gasteiger partial charge in [0.15, 0.2) is 5.58 Å². The summed E-state index contributed by atoms with van der Waals surface area (Å²) in [6.45, 7) is 1.94. The molecule has 0 amide bonds. The van der Waals surface area contributed by atoms with Gasteiger partial charge < -0.3 is 14.6 Å². The number of hydrogen-bond acceptors (Lipinski definition) is 5. The van der Waals surface area contributed by atoms with Gasteiger partial charge in [-0.3, -0.25) is 4.79 Å². The van der Waals surface area contributed by atoms with Crippen molar-refractivity contribution in [3.05, 3.63) is 69.6 Å². The Morgan fingerprint density at radius 2 is 1.79 bits per heavy atom. The molecule has 2 aromatic carbocycles. The first kappa shape index (κ1) is 15.8. The van der Waals surface area contributed by atoms with Gasteiger partial charge in [-0.2, -0.15) is 0 Å². The van der Waals surface area contributed by atoms with E-state index in [1.807, 2.05) is 6.92 Å². The fourth-order valence-corrected chi connectivity index (χ4v) is 2.81. The van der Waals surface area contributed by atoms with Gasteiger partial charge in [0.25, 0.3) is 0 Å². The van der Waals surface area contributed by atoms with Crippen molar-refractivity contribution in [2.75, 3.05) is 0 Å². The van der Waals surface area contributed by atoms with Crippen molar-refractivity contribution in [1.82, 2.24) is 0 Å². The molecule has 0 aliphatic heterocycles. The molecule has 0 fully saturated rings. The van der Waals surface area contributed by atoms with E-state index in [1.54, 1.807) is 30.3 Å². The molecular formula is C19H16O5. The molecular weight excluding hydrogens is 308 g/mol. The lowest BCUT2D eigenvalue weighted by molar-refractivity contribution is 0.103. The lowest BCUT2D eigenvalue weighted by Crippen LogP contribution is -2.07. The minimum absolute atomic E-state index is 0.0858. The van der Waals surface area contributed by atoms with Gasteiger partial charge in [0.2, 0.25) is 5.78 Å². The van der Waals surface area contributed by atoms with Crippen molar-refractivity contribution >= 4 is 16.8 Å². The van der Waals surface area contributed by atoms with E-state index in [4.69, 9.17) is 4.42 Å². The molecule has 0 unspecified atom stereocenters. The zero-order valence-corrected chi connectivity index (χ0v) is 13.1. The van der Waals surface area contributed by atoms with Gasteiger partial charge in [-0.05, 0) is 12.0 Å². The van der Waals surface area contributed by atoms with Crippen LogP contribution in [0.2, 0.25) is 0 Å². The quantitative estimate of drug-likeness (QED) is 0.567. The number of ketones is 1. The maximum absolute atomic E-state index is 12.8. The molecule has 3 aromatic rings. The average Bonchev–Trinajstić information content (AvgIpc) is 2.55. The van der Waals surface area contributed by atoms with Crippen LogP contribution in [-0.2, 0) is 6.42 Å². The standard InChI is InChI=1S/C19H16O5/c1-2-6-12-9-15(22)24-19-16(12)13(20)10-14(21)17(19)18(23)11-7-4-3-5-8-11/h3-5,7-10,20-21H,2,6H2,1H3. The predicted molar refractivity (Wildman–Crippen MR) is 89.7 cm³/mol. The number of fused-ring (bicyclic) bond motifs is 1. The van der Waals surface area contributed by atoms with Gasteiger partial charge in [0, 0.05) is 17.7 Å². The highest BCUT2D eigenvalue weighted by Gasteiger charge is 2.23. The number of benzene rings is 2. The molecule has 5 nitrogen and oxygen atoms in total. The van der Waals surface area contributed by atoms with Gasteiger partial charge in [-0.15, -0.1) is 0 Å². The van der Waals surface area contributed by atoms with E-state index >= 15 is 0 Å². The summed E-state index contributed by atoms with van der Waals surface area (Å²) in [6, 6.07) is 10.8. The van der Waals surface area contributed by atoms with Crippen molar-refractivity contribution in [2.45, 2.75) is 19.8 Å². The lowest BCUT2D eigenvalue weighted by Gasteiger charge is -2.11. The molecule has 0 atom stereocenters.